The molecule has 0 fully saturated rings. The Labute approximate surface area is 184 Å². The third kappa shape index (κ3) is 5.24. The summed E-state index contributed by atoms with van der Waals surface area (Å²) in [6.45, 7) is -0.315. The van der Waals surface area contributed by atoms with Crippen molar-refractivity contribution in [3.8, 4) is 0 Å². The summed E-state index contributed by atoms with van der Waals surface area (Å²) in [6.07, 6.45) is 3.10. The molecule has 164 valence electrons. The van der Waals surface area contributed by atoms with Gasteiger partial charge in [0, 0.05) is 23.7 Å². The van der Waals surface area contributed by atoms with Gasteiger partial charge in [0.15, 0.2) is 0 Å². The second-order valence-corrected chi connectivity index (χ2v) is 6.90. The molecular weight excluding hydrogens is 410 g/mol. The number of amides is 3. The first-order chi connectivity index (χ1) is 15.4. The molecule has 10 nitrogen and oxygen atoms in total. The van der Waals surface area contributed by atoms with E-state index in [-0.39, 0.29) is 24.4 Å². The highest BCUT2D eigenvalue weighted by Gasteiger charge is 2.32. The minimum absolute atomic E-state index is 0.0537. The van der Waals surface area contributed by atoms with Gasteiger partial charge in [-0.15, -0.1) is 0 Å². The van der Waals surface area contributed by atoms with Crippen LogP contribution in [0.1, 0.15) is 21.6 Å². The highest BCUT2D eigenvalue weighted by atomic mass is 16.2. The zero-order valence-electron chi connectivity index (χ0n) is 17.1. The van der Waals surface area contributed by atoms with Gasteiger partial charge < -0.3 is 21.8 Å². The number of aromatic nitrogens is 2. The van der Waals surface area contributed by atoms with Crippen LogP contribution in [0.3, 0.4) is 0 Å². The van der Waals surface area contributed by atoms with Gasteiger partial charge in [0.25, 0.3) is 11.8 Å². The number of amidine groups is 1. The summed E-state index contributed by atoms with van der Waals surface area (Å²) in [6, 6.07) is 13.4. The number of nitrogen functional groups attached to an aromatic ring is 1. The maximum absolute atomic E-state index is 13.6. The highest BCUT2D eigenvalue weighted by molar-refractivity contribution is 6.23. The lowest BCUT2D eigenvalue weighted by Gasteiger charge is -2.26. The standard InChI is InChI=1S/C22H23N7O3/c23-11-19(30)28-18(10-16-12-26-13-27-16)22(32)29(17-7-2-1-3-8-17)21(31)15-6-4-5-14(9-15)20(24)25/h1-9,12-13,18H,10-11,23H2,(H3,24,25)(H,26,27)(H,28,30)/t18-/m1/s1. The Balaban J connectivity index is 2.02. The van der Waals surface area contributed by atoms with Crippen LogP contribution >= 0.6 is 0 Å². The maximum Gasteiger partial charge on any atom is 0.265 e. The van der Waals surface area contributed by atoms with E-state index in [1.807, 2.05) is 0 Å². The Kier molecular flexibility index (Phi) is 7.09. The quantitative estimate of drug-likeness (QED) is 0.256. The molecule has 2 aromatic carbocycles. The fourth-order valence-corrected chi connectivity index (χ4v) is 3.09. The predicted octanol–water partition coefficient (Wildman–Crippen LogP) is 0.553. The summed E-state index contributed by atoms with van der Waals surface area (Å²) < 4.78 is 0. The van der Waals surface area contributed by atoms with E-state index in [1.54, 1.807) is 48.7 Å². The summed E-state index contributed by atoms with van der Waals surface area (Å²) >= 11 is 0. The van der Waals surface area contributed by atoms with Crippen LogP contribution in [0, 0.1) is 5.41 Å². The van der Waals surface area contributed by atoms with E-state index in [0.29, 0.717) is 16.9 Å². The zero-order valence-corrected chi connectivity index (χ0v) is 17.1. The summed E-state index contributed by atoms with van der Waals surface area (Å²) in [7, 11) is 0. The van der Waals surface area contributed by atoms with Crippen molar-refractivity contribution in [1.29, 1.82) is 5.41 Å². The highest BCUT2D eigenvalue weighted by Crippen LogP contribution is 2.20. The van der Waals surface area contributed by atoms with Gasteiger partial charge in [-0.25, -0.2) is 9.88 Å². The first kappa shape index (κ1) is 22.4. The van der Waals surface area contributed by atoms with Crippen LogP contribution in [0.4, 0.5) is 5.69 Å². The van der Waals surface area contributed by atoms with Gasteiger partial charge in [-0.05, 0) is 24.3 Å². The molecule has 1 atom stereocenters. The molecular formula is C22H23N7O3. The molecule has 0 bridgehead atoms. The van der Waals surface area contributed by atoms with Crippen LogP contribution in [0.2, 0.25) is 0 Å². The minimum atomic E-state index is -1.09. The number of nitrogens with one attached hydrogen (secondary N) is 3. The topological polar surface area (TPSA) is 171 Å². The molecule has 1 heterocycles. The number of carbonyl (C=O) groups is 3. The monoisotopic (exact) mass is 433 g/mol. The van der Waals surface area contributed by atoms with E-state index in [1.165, 1.54) is 18.5 Å². The normalized spacial score (nSPS) is 11.4. The Morgan fingerprint density at radius 3 is 2.44 bits per heavy atom. The molecule has 3 aromatic rings. The molecule has 0 saturated heterocycles. The minimum Gasteiger partial charge on any atom is -0.384 e. The zero-order chi connectivity index (χ0) is 23.1. The Morgan fingerprint density at radius 2 is 1.81 bits per heavy atom. The fourth-order valence-electron chi connectivity index (χ4n) is 3.09. The molecule has 0 saturated carbocycles. The van der Waals surface area contributed by atoms with E-state index in [0.717, 1.165) is 4.90 Å². The number of para-hydroxylation sites is 1. The maximum atomic E-state index is 13.6. The second kappa shape index (κ2) is 10.1. The van der Waals surface area contributed by atoms with Crippen molar-refractivity contribution < 1.29 is 14.4 Å². The second-order valence-electron chi connectivity index (χ2n) is 6.90. The lowest BCUT2D eigenvalue weighted by atomic mass is 10.1. The van der Waals surface area contributed by atoms with Crippen LogP contribution in [0.25, 0.3) is 0 Å². The fraction of sp³-hybridized carbons (Fsp3) is 0.136. The molecule has 10 heteroatoms. The van der Waals surface area contributed by atoms with E-state index in [4.69, 9.17) is 16.9 Å². The number of imidazole rings is 1. The van der Waals surface area contributed by atoms with Crippen LogP contribution in [-0.2, 0) is 16.0 Å². The van der Waals surface area contributed by atoms with E-state index in [2.05, 4.69) is 15.3 Å². The van der Waals surface area contributed by atoms with Gasteiger partial charge in [0.05, 0.1) is 24.3 Å². The van der Waals surface area contributed by atoms with Crippen molar-refractivity contribution >= 4 is 29.2 Å². The Morgan fingerprint density at radius 1 is 1.09 bits per heavy atom. The number of hydrogen-bond donors (Lipinski definition) is 5. The molecule has 3 rings (SSSR count). The van der Waals surface area contributed by atoms with Gasteiger partial charge in [-0.2, -0.15) is 0 Å². The third-order valence-corrected chi connectivity index (χ3v) is 4.65. The van der Waals surface area contributed by atoms with Crippen molar-refractivity contribution in [2.24, 2.45) is 11.5 Å². The number of aromatic amines is 1. The molecule has 0 radical (unpaired) electrons. The lowest BCUT2D eigenvalue weighted by Crippen LogP contribution is -2.53. The van der Waals surface area contributed by atoms with Gasteiger partial charge >= 0.3 is 0 Å². The number of nitrogens with two attached hydrogens (primary N) is 2. The predicted molar refractivity (Wildman–Crippen MR) is 119 cm³/mol. The van der Waals surface area contributed by atoms with Crippen LogP contribution in [0.5, 0.6) is 0 Å². The van der Waals surface area contributed by atoms with Crippen LogP contribution < -0.4 is 21.7 Å². The smallest absolute Gasteiger partial charge is 0.265 e. The lowest BCUT2D eigenvalue weighted by molar-refractivity contribution is -0.126. The molecule has 0 aliphatic heterocycles. The van der Waals surface area contributed by atoms with Gasteiger partial charge in [0.2, 0.25) is 5.91 Å². The molecule has 7 N–H and O–H groups in total. The summed E-state index contributed by atoms with van der Waals surface area (Å²) in [4.78, 5) is 47.0. The number of anilines is 1. The summed E-state index contributed by atoms with van der Waals surface area (Å²) in [5, 5.41) is 10.2. The molecule has 1 aromatic heterocycles. The van der Waals surface area contributed by atoms with Crippen molar-refractivity contribution in [3.05, 3.63) is 83.9 Å². The average Bonchev–Trinajstić information content (AvgIpc) is 3.32. The van der Waals surface area contributed by atoms with E-state index in [9.17, 15) is 14.4 Å². The molecule has 0 spiro atoms. The number of hydrogen-bond acceptors (Lipinski definition) is 6. The number of nitrogens with zero attached hydrogens (tertiary/aromatic N) is 2. The first-order valence-corrected chi connectivity index (χ1v) is 9.75. The summed E-state index contributed by atoms with van der Waals surface area (Å²) in [5.74, 6) is -2.03. The molecule has 32 heavy (non-hydrogen) atoms. The largest absolute Gasteiger partial charge is 0.384 e. The number of benzene rings is 2. The summed E-state index contributed by atoms with van der Waals surface area (Å²) in [5.41, 5.74) is 12.3. The van der Waals surface area contributed by atoms with E-state index < -0.39 is 23.8 Å². The van der Waals surface area contributed by atoms with Gasteiger partial charge in [-0.3, -0.25) is 19.8 Å². The molecule has 0 aliphatic carbocycles. The van der Waals surface area contributed by atoms with Crippen LogP contribution in [0.15, 0.2) is 67.1 Å². The van der Waals surface area contributed by atoms with Gasteiger partial charge in [-0.1, -0.05) is 30.3 Å². The Hall–Kier alpha value is -4.31. The molecule has 0 aliphatic rings. The van der Waals surface area contributed by atoms with Gasteiger partial charge in [0.1, 0.15) is 11.9 Å². The molecule has 3 amide bonds. The SMILES string of the molecule is N=C(N)c1cccc(C(=O)N(C(=O)[C@@H](Cc2c[nH]cn2)NC(=O)CN)c2ccccc2)c1. The van der Waals surface area contributed by atoms with Crippen molar-refractivity contribution in [3.63, 3.8) is 0 Å². The number of imide groups is 1. The molecule has 0 unspecified atom stereocenters. The third-order valence-electron chi connectivity index (χ3n) is 4.65. The van der Waals surface area contributed by atoms with Crippen molar-refractivity contribution in [1.82, 2.24) is 15.3 Å². The first-order valence-electron chi connectivity index (χ1n) is 9.75. The number of H-pyrrole nitrogens is 1. The number of carbonyl (C=O) groups excluding carboxylic acids is 3. The van der Waals surface area contributed by atoms with Crippen molar-refractivity contribution in [2.45, 2.75) is 12.5 Å². The number of rotatable bonds is 8. The average molecular weight is 433 g/mol. The van der Waals surface area contributed by atoms with Crippen LogP contribution in [-0.4, -0.2) is 46.1 Å². The Bertz CT molecular complexity index is 1110. The van der Waals surface area contributed by atoms with Crippen molar-refractivity contribution in [2.75, 3.05) is 11.4 Å². The van der Waals surface area contributed by atoms with E-state index >= 15 is 0 Å².